The van der Waals surface area contributed by atoms with E-state index in [0.29, 0.717) is 17.1 Å². The maximum Gasteiger partial charge on any atom is 0.252 e. The highest BCUT2D eigenvalue weighted by molar-refractivity contribution is 5.95. The van der Waals surface area contributed by atoms with E-state index in [1.807, 2.05) is 61.5 Å². The number of benzene rings is 2. The Hall–Kier alpha value is -3.13. The lowest BCUT2D eigenvalue weighted by atomic mass is 10.2. The first-order valence-corrected chi connectivity index (χ1v) is 7.89. The van der Waals surface area contributed by atoms with Crippen LogP contribution in [0.25, 0.3) is 0 Å². The van der Waals surface area contributed by atoms with Gasteiger partial charge in [-0.25, -0.2) is 0 Å². The molecule has 2 rings (SSSR count). The maximum atomic E-state index is 12.1. The molecule has 0 heterocycles. The number of anilines is 1. The van der Waals surface area contributed by atoms with E-state index in [1.54, 1.807) is 13.2 Å². The number of amides is 1. The fourth-order valence-corrected chi connectivity index (χ4v) is 2.12. The van der Waals surface area contributed by atoms with E-state index in [2.05, 4.69) is 17.2 Å². The molecule has 0 atom stereocenters. The molecule has 5 heteroatoms. The molecule has 0 aliphatic heterocycles. The van der Waals surface area contributed by atoms with Gasteiger partial charge in [-0.05, 0) is 30.3 Å². The maximum absolute atomic E-state index is 12.1. The van der Waals surface area contributed by atoms with Crippen LogP contribution in [0.5, 0.6) is 11.5 Å². The third-order valence-electron chi connectivity index (χ3n) is 3.46. The van der Waals surface area contributed by atoms with Gasteiger partial charge in [0.05, 0.1) is 13.7 Å². The smallest absolute Gasteiger partial charge is 0.252 e. The van der Waals surface area contributed by atoms with Crippen molar-refractivity contribution in [2.45, 2.75) is 0 Å². The molecule has 0 saturated carbocycles. The molecule has 0 aliphatic carbocycles. The SMILES string of the molecule is COc1ccccc1OCC#CCNC(=O)c1cccc(N(C)C)c1. The first-order chi connectivity index (χ1) is 12.1. The average molecular weight is 338 g/mol. The quantitative estimate of drug-likeness (QED) is 0.823. The highest BCUT2D eigenvalue weighted by atomic mass is 16.5. The minimum absolute atomic E-state index is 0.149. The second kappa shape index (κ2) is 9.24. The number of ether oxygens (including phenoxy) is 2. The van der Waals surface area contributed by atoms with E-state index >= 15 is 0 Å². The Labute approximate surface area is 148 Å². The van der Waals surface area contributed by atoms with Crippen LogP contribution in [0, 0.1) is 11.8 Å². The van der Waals surface area contributed by atoms with Gasteiger partial charge in [-0.1, -0.05) is 30.0 Å². The van der Waals surface area contributed by atoms with E-state index in [1.165, 1.54) is 0 Å². The molecule has 1 amide bonds. The first kappa shape index (κ1) is 18.2. The van der Waals surface area contributed by atoms with Crippen molar-refractivity contribution in [2.75, 3.05) is 39.3 Å². The topological polar surface area (TPSA) is 50.8 Å². The number of para-hydroxylation sites is 2. The number of hydrogen-bond donors (Lipinski definition) is 1. The van der Waals surface area contributed by atoms with Crippen molar-refractivity contribution in [3.63, 3.8) is 0 Å². The molecule has 25 heavy (non-hydrogen) atoms. The van der Waals surface area contributed by atoms with Gasteiger partial charge >= 0.3 is 0 Å². The second-order valence-corrected chi connectivity index (χ2v) is 5.42. The summed E-state index contributed by atoms with van der Waals surface area (Å²) in [6, 6.07) is 14.8. The van der Waals surface area contributed by atoms with Crippen LogP contribution in [-0.2, 0) is 0 Å². The van der Waals surface area contributed by atoms with Gasteiger partial charge in [0.25, 0.3) is 5.91 Å². The number of carbonyl (C=O) groups is 1. The van der Waals surface area contributed by atoms with E-state index in [4.69, 9.17) is 9.47 Å². The summed E-state index contributed by atoms with van der Waals surface area (Å²) in [6.45, 7) is 0.493. The Morgan fingerprint density at radius 1 is 1.08 bits per heavy atom. The number of methoxy groups -OCH3 is 1. The monoisotopic (exact) mass is 338 g/mol. The lowest BCUT2D eigenvalue weighted by Gasteiger charge is -2.13. The van der Waals surface area contributed by atoms with Crippen molar-refractivity contribution in [1.29, 1.82) is 0 Å². The summed E-state index contributed by atoms with van der Waals surface area (Å²) in [7, 11) is 5.46. The highest BCUT2D eigenvalue weighted by Gasteiger charge is 2.05. The first-order valence-electron chi connectivity index (χ1n) is 7.89. The summed E-state index contributed by atoms with van der Waals surface area (Å²) in [5, 5.41) is 2.78. The van der Waals surface area contributed by atoms with Crippen LogP contribution in [0.2, 0.25) is 0 Å². The summed E-state index contributed by atoms with van der Waals surface area (Å²) in [4.78, 5) is 14.1. The number of carbonyl (C=O) groups excluding carboxylic acids is 1. The van der Waals surface area contributed by atoms with E-state index in [0.717, 1.165) is 5.69 Å². The normalized spacial score (nSPS) is 9.56. The molecule has 0 unspecified atom stereocenters. The van der Waals surface area contributed by atoms with Gasteiger partial charge in [-0.3, -0.25) is 4.79 Å². The highest BCUT2D eigenvalue weighted by Crippen LogP contribution is 2.25. The molecule has 0 bridgehead atoms. The van der Waals surface area contributed by atoms with Crippen LogP contribution in [0.1, 0.15) is 10.4 Å². The van der Waals surface area contributed by atoms with Crippen LogP contribution < -0.4 is 19.7 Å². The van der Waals surface area contributed by atoms with Gasteiger partial charge in [-0.15, -0.1) is 0 Å². The molecule has 0 saturated heterocycles. The number of hydrogen-bond acceptors (Lipinski definition) is 4. The number of nitrogens with zero attached hydrogens (tertiary/aromatic N) is 1. The molecular weight excluding hydrogens is 316 g/mol. The molecule has 0 radical (unpaired) electrons. The Kier molecular flexibility index (Phi) is 6.73. The fourth-order valence-electron chi connectivity index (χ4n) is 2.12. The van der Waals surface area contributed by atoms with Crippen LogP contribution in [-0.4, -0.2) is 40.3 Å². The van der Waals surface area contributed by atoms with Gasteiger partial charge in [0.2, 0.25) is 0 Å². The molecule has 2 aromatic rings. The predicted molar refractivity (Wildman–Crippen MR) is 99.4 cm³/mol. The van der Waals surface area contributed by atoms with Gasteiger partial charge in [0.1, 0.15) is 6.61 Å². The Morgan fingerprint density at radius 3 is 2.56 bits per heavy atom. The van der Waals surface area contributed by atoms with E-state index in [9.17, 15) is 4.79 Å². The molecule has 0 spiro atoms. The van der Waals surface area contributed by atoms with Crippen molar-refractivity contribution < 1.29 is 14.3 Å². The van der Waals surface area contributed by atoms with E-state index in [-0.39, 0.29) is 19.1 Å². The van der Waals surface area contributed by atoms with Crippen LogP contribution in [0.4, 0.5) is 5.69 Å². The minimum Gasteiger partial charge on any atom is -0.493 e. The molecule has 5 nitrogen and oxygen atoms in total. The predicted octanol–water partition coefficient (Wildman–Crippen LogP) is 2.57. The lowest BCUT2D eigenvalue weighted by Crippen LogP contribution is -2.24. The average Bonchev–Trinajstić information content (AvgIpc) is 2.64. The van der Waals surface area contributed by atoms with Gasteiger partial charge in [-0.2, -0.15) is 0 Å². The van der Waals surface area contributed by atoms with Crippen LogP contribution in [0.3, 0.4) is 0 Å². The van der Waals surface area contributed by atoms with Crippen molar-refractivity contribution in [1.82, 2.24) is 5.32 Å². The molecule has 2 aromatic carbocycles. The second-order valence-electron chi connectivity index (χ2n) is 5.42. The molecule has 1 N–H and O–H groups in total. The summed E-state index contributed by atoms with van der Waals surface area (Å²) in [5.41, 5.74) is 1.59. The van der Waals surface area contributed by atoms with Crippen molar-refractivity contribution in [3.8, 4) is 23.3 Å². The summed E-state index contributed by atoms with van der Waals surface area (Å²) >= 11 is 0. The van der Waals surface area contributed by atoms with Crippen molar-refractivity contribution >= 4 is 11.6 Å². The third kappa shape index (κ3) is 5.47. The van der Waals surface area contributed by atoms with Gasteiger partial charge in [0.15, 0.2) is 11.5 Å². The van der Waals surface area contributed by atoms with Gasteiger partial charge in [0, 0.05) is 25.3 Å². The lowest BCUT2D eigenvalue weighted by molar-refractivity contribution is 0.0958. The molecule has 0 fully saturated rings. The Morgan fingerprint density at radius 2 is 1.84 bits per heavy atom. The summed E-state index contributed by atoms with van der Waals surface area (Å²) in [6.07, 6.45) is 0. The fraction of sp³-hybridized carbons (Fsp3) is 0.250. The Balaban J connectivity index is 1.80. The number of nitrogens with one attached hydrogen (secondary N) is 1. The zero-order valence-corrected chi connectivity index (χ0v) is 14.7. The molecule has 0 aliphatic rings. The minimum atomic E-state index is -0.149. The third-order valence-corrected chi connectivity index (χ3v) is 3.46. The standard InChI is InChI=1S/C20H22N2O3/c1-22(2)17-10-8-9-16(15-17)20(23)21-13-6-7-14-25-19-12-5-4-11-18(19)24-3/h4-5,8-12,15H,13-14H2,1-3H3,(H,21,23). The van der Waals surface area contributed by atoms with E-state index < -0.39 is 0 Å². The van der Waals surface area contributed by atoms with Gasteiger partial charge < -0.3 is 19.7 Å². The summed E-state index contributed by atoms with van der Waals surface area (Å²) in [5.74, 6) is 6.90. The zero-order chi connectivity index (χ0) is 18.1. The van der Waals surface area contributed by atoms with Crippen LogP contribution in [0.15, 0.2) is 48.5 Å². The zero-order valence-electron chi connectivity index (χ0n) is 14.7. The molecular formula is C20H22N2O3. The largest absolute Gasteiger partial charge is 0.493 e. The Bertz CT molecular complexity index is 776. The summed E-state index contributed by atoms with van der Waals surface area (Å²) < 4.78 is 10.7. The number of rotatable bonds is 6. The van der Waals surface area contributed by atoms with Crippen LogP contribution >= 0.6 is 0 Å². The molecule has 130 valence electrons. The molecule has 0 aromatic heterocycles. The van der Waals surface area contributed by atoms with Crippen molar-refractivity contribution in [3.05, 3.63) is 54.1 Å². The van der Waals surface area contributed by atoms with Crippen molar-refractivity contribution in [2.24, 2.45) is 0 Å².